The van der Waals surface area contributed by atoms with Gasteiger partial charge in [-0.05, 0) is 36.4 Å². The number of anilines is 2. The number of benzene rings is 2. The fourth-order valence-corrected chi connectivity index (χ4v) is 2.60. The molecule has 3 aromatic rings. The Kier molecular flexibility index (Phi) is 3.50. The summed E-state index contributed by atoms with van der Waals surface area (Å²) in [5.74, 6) is 0.608. The van der Waals surface area contributed by atoms with Crippen LogP contribution in [0.2, 0.25) is 5.02 Å². The quantitative estimate of drug-likeness (QED) is 0.739. The predicted octanol–water partition coefficient (Wildman–Crippen LogP) is 2.69. The molecule has 0 spiro atoms. The van der Waals surface area contributed by atoms with Crippen LogP contribution in [0.3, 0.4) is 0 Å². The molecule has 0 saturated heterocycles. The van der Waals surface area contributed by atoms with E-state index >= 15 is 0 Å². The van der Waals surface area contributed by atoms with Gasteiger partial charge < -0.3 is 10.6 Å². The standard InChI is InChI=1S/C16H15ClN4O/c1-20(2)15-13-7-6-10(17)8-14(13)21(16(22)19-15)12-5-3-4-11(18)9-12/h3-9H,18H2,1-2H3. The molecule has 5 nitrogen and oxygen atoms in total. The predicted molar refractivity (Wildman–Crippen MR) is 91.1 cm³/mol. The first-order valence-corrected chi connectivity index (χ1v) is 7.11. The molecular weight excluding hydrogens is 300 g/mol. The lowest BCUT2D eigenvalue weighted by atomic mass is 10.2. The molecule has 0 fully saturated rings. The highest BCUT2D eigenvalue weighted by atomic mass is 35.5. The summed E-state index contributed by atoms with van der Waals surface area (Å²) in [4.78, 5) is 18.5. The van der Waals surface area contributed by atoms with E-state index < -0.39 is 0 Å². The number of nitrogens with two attached hydrogens (primary N) is 1. The molecule has 3 rings (SSSR count). The molecule has 2 aromatic carbocycles. The van der Waals surface area contributed by atoms with Crippen molar-refractivity contribution in [3.63, 3.8) is 0 Å². The van der Waals surface area contributed by atoms with Crippen LogP contribution >= 0.6 is 11.6 Å². The lowest BCUT2D eigenvalue weighted by Crippen LogP contribution is -2.25. The van der Waals surface area contributed by atoms with E-state index in [4.69, 9.17) is 17.3 Å². The van der Waals surface area contributed by atoms with Crippen molar-refractivity contribution in [3.8, 4) is 5.69 Å². The van der Waals surface area contributed by atoms with Gasteiger partial charge >= 0.3 is 5.69 Å². The molecule has 0 aliphatic rings. The molecule has 0 bridgehead atoms. The van der Waals surface area contributed by atoms with Crippen molar-refractivity contribution >= 4 is 34.0 Å². The summed E-state index contributed by atoms with van der Waals surface area (Å²) in [6, 6.07) is 12.5. The van der Waals surface area contributed by atoms with Crippen molar-refractivity contribution in [1.82, 2.24) is 9.55 Å². The van der Waals surface area contributed by atoms with Crippen LogP contribution in [0, 0.1) is 0 Å². The van der Waals surface area contributed by atoms with Crippen molar-refractivity contribution in [2.45, 2.75) is 0 Å². The van der Waals surface area contributed by atoms with Crippen molar-refractivity contribution in [2.24, 2.45) is 0 Å². The first-order valence-electron chi connectivity index (χ1n) is 6.73. The van der Waals surface area contributed by atoms with Crippen LogP contribution in [0.5, 0.6) is 0 Å². The number of rotatable bonds is 2. The molecular formula is C16H15ClN4O. The second-order valence-corrected chi connectivity index (χ2v) is 5.64. The molecule has 6 heteroatoms. The van der Waals surface area contributed by atoms with E-state index in [1.54, 1.807) is 35.2 Å². The molecule has 0 saturated carbocycles. The zero-order valence-electron chi connectivity index (χ0n) is 12.2. The monoisotopic (exact) mass is 314 g/mol. The number of nitrogens with zero attached hydrogens (tertiary/aromatic N) is 3. The van der Waals surface area contributed by atoms with E-state index in [1.807, 2.05) is 26.2 Å². The van der Waals surface area contributed by atoms with Gasteiger partial charge in [-0.1, -0.05) is 17.7 Å². The van der Waals surface area contributed by atoms with Crippen LogP contribution < -0.4 is 16.3 Å². The van der Waals surface area contributed by atoms with E-state index in [0.29, 0.717) is 27.7 Å². The van der Waals surface area contributed by atoms with Crippen molar-refractivity contribution < 1.29 is 0 Å². The molecule has 0 amide bonds. The summed E-state index contributed by atoms with van der Waals surface area (Å²) in [5, 5.41) is 1.40. The lowest BCUT2D eigenvalue weighted by Gasteiger charge is -2.17. The minimum atomic E-state index is -0.371. The molecule has 0 aliphatic heterocycles. The normalized spacial score (nSPS) is 10.9. The molecule has 2 N–H and O–H groups in total. The Morgan fingerprint density at radius 3 is 2.64 bits per heavy atom. The number of hydrogen-bond donors (Lipinski definition) is 1. The molecule has 0 radical (unpaired) electrons. The molecule has 1 heterocycles. The SMILES string of the molecule is CN(C)c1nc(=O)n(-c2cccc(N)c2)c2cc(Cl)ccc12. The molecule has 0 unspecified atom stereocenters. The maximum Gasteiger partial charge on any atom is 0.354 e. The van der Waals surface area contributed by atoms with Crippen LogP contribution in [0.15, 0.2) is 47.3 Å². The van der Waals surface area contributed by atoms with E-state index in [2.05, 4.69) is 4.98 Å². The van der Waals surface area contributed by atoms with Gasteiger partial charge in [0, 0.05) is 30.2 Å². The Labute approximate surface area is 132 Å². The summed E-state index contributed by atoms with van der Waals surface area (Å²) >= 11 is 6.12. The smallest absolute Gasteiger partial charge is 0.354 e. The largest absolute Gasteiger partial charge is 0.399 e. The summed E-state index contributed by atoms with van der Waals surface area (Å²) in [5.41, 5.74) is 7.39. The first kappa shape index (κ1) is 14.4. The average molecular weight is 315 g/mol. The first-order chi connectivity index (χ1) is 10.5. The summed E-state index contributed by atoms with van der Waals surface area (Å²) < 4.78 is 1.52. The second kappa shape index (κ2) is 5.35. The van der Waals surface area contributed by atoms with Gasteiger partial charge in [0.2, 0.25) is 0 Å². The van der Waals surface area contributed by atoms with Crippen LogP contribution in [0.1, 0.15) is 0 Å². The van der Waals surface area contributed by atoms with E-state index in [9.17, 15) is 4.79 Å². The fourth-order valence-electron chi connectivity index (χ4n) is 2.44. The third-order valence-corrected chi connectivity index (χ3v) is 3.62. The number of nitrogen functional groups attached to an aromatic ring is 1. The van der Waals surface area contributed by atoms with Gasteiger partial charge in [0.05, 0.1) is 11.2 Å². The van der Waals surface area contributed by atoms with Gasteiger partial charge in [-0.2, -0.15) is 4.98 Å². The fraction of sp³-hybridized carbons (Fsp3) is 0.125. The van der Waals surface area contributed by atoms with Crippen LogP contribution in [0.25, 0.3) is 16.6 Å². The van der Waals surface area contributed by atoms with Gasteiger partial charge in [0.1, 0.15) is 5.82 Å². The minimum absolute atomic E-state index is 0.371. The molecule has 112 valence electrons. The Morgan fingerprint density at radius 1 is 1.18 bits per heavy atom. The van der Waals surface area contributed by atoms with Gasteiger partial charge in [0.25, 0.3) is 0 Å². The van der Waals surface area contributed by atoms with Gasteiger partial charge in [0.15, 0.2) is 0 Å². The lowest BCUT2D eigenvalue weighted by molar-refractivity contribution is 0.937. The summed E-state index contributed by atoms with van der Waals surface area (Å²) in [7, 11) is 3.70. The Hall–Kier alpha value is -2.53. The average Bonchev–Trinajstić information content (AvgIpc) is 2.45. The van der Waals surface area contributed by atoms with E-state index in [-0.39, 0.29) is 5.69 Å². The third kappa shape index (κ3) is 2.40. The molecule has 0 atom stereocenters. The zero-order chi connectivity index (χ0) is 15.9. The Balaban J connectivity index is 2.45. The van der Waals surface area contributed by atoms with E-state index in [1.165, 1.54) is 4.57 Å². The highest BCUT2D eigenvalue weighted by Crippen LogP contribution is 2.26. The number of fused-ring (bicyclic) bond motifs is 1. The topological polar surface area (TPSA) is 64.2 Å². The maximum absolute atomic E-state index is 12.5. The van der Waals surface area contributed by atoms with Gasteiger partial charge in [-0.15, -0.1) is 0 Å². The highest BCUT2D eigenvalue weighted by Gasteiger charge is 2.13. The Morgan fingerprint density at radius 2 is 1.95 bits per heavy atom. The molecule has 0 aliphatic carbocycles. The maximum atomic E-state index is 12.5. The molecule has 22 heavy (non-hydrogen) atoms. The van der Waals surface area contributed by atoms with Gasteiger partial charge in [-0.25, -0.2) is 4.79 Å². The second-order valence-electron chi connectivity index (χ2n) is 5.20. The van der Waals surface area contributed by atoms with Crippen molar-refractivity contribution in [1.29, 1.82) is 0 Å². The number of hydrogen-bond acceptors (Lipinski definition) is 4. The Bertz CT molecular complexity index is 918. The highest BCUT2D eigenvalue weighted by molar-refractivity contribution is 6.31. The van der Waals surface area contributed by atoms with Crippen LogP contribution in [0.4, 0.5) is 11.5 Å². The number of halogens is 1. The van der Waals surface area contributed by atoms with E-state index in [0.717, 1.165) is 5.39 Å². The summed E-state index contributed by atoms with van der Waals surface area (Å²) in [6.45, 7) is 0. The van der Waals surface area contributed by atoms with Crippen LogP contribution in [-0.2, 0) is 0 Å². The van der Waals surface area contributed by atoms with Crippen molar-refractivity contribution in [2.75, 3.05) is 24.7 Å². The third-order valence-electron chi connectivity index (χ3n) is 3.39. The van der Waals surface area contributed by atoms with Crippen molar-refractivity contribution in [3.05, 3.63) is 58.0 Å². The summed E-state index contributed by atoms with van der Waals surface area (Å²) in [6.07, 6.45) is 0. The minimum Gasteiger partial charge on any atom is -0.399 e. The molecule has 1 aromatic heterocycles. The zero-order valence-corrected chi connectivity index (χ0v) is 13.0. The van der Waals surface area contributed by atoms with Gasteiger partial charge in [-0.3, -0.25) is 4.57 Å². The number of aromatic nitrogens is 2. The van der Waals surface area contributed by atoms with Crippen LogP contribution in [-0.4, -0.2) is 23.6 Å².